The van der Waals surface area contributed by atoms with Crippen molar-refractivity contribution in [1.82, 2.24) is 4.40 Å². The molecule has 46 valence electrons. The number of nitrogens with zero attached hydrogens (tertiary/aromatic N) is 1. The minimum atomic E-state index is 0.335. The summed E-state index contributed by atoms with van der Waals surface area (Å²) in [7, 11) is 0. The van der Waals surface area contributed by atoms with Crippen LogP contribution < -0.4 is 0 Å². The zero-order valence-corrected chi connectivity index (χ0v) is 5.43. The molecule has 0 aliphatic rings. The summed E-state index contributed by atoms with van der Waals surface area (Å²) in [6, 6.07) is 1.74. The highest BCUT2D eigenvalue weighted by atomic mass is 32.1. The Morgan fingerprint density at radius 2 is 2.44 bits per heavy atom. The van der Waals surface area contributed by atoms with E-state index in [2.05, 4.69) is 0 Å². The molecule has 0 atom stereocenters. The van der Waals surface area contributed by atoms with Gasteiger partial charge < -0.3 is 9.51 Å². The summed E-state index contributed by atoms with van der Waals surface area (Å²) in [6.45, 7) is 0. The van der Waals surface area contributed by atoms with E-state index < -0.39 is 0 Å². The summed E-state index contributed by atoms with van der Waals surface area (Å²) in [5, 5.41) is 10.9. The third-order valence-electron chi connectivity index (χ3n) is 1.21. The van der Waals surface area contributed by atoms with Crippen molar-refractivity contribution in [1.29, 1.82) is 0 Å². The molecule has 0 unspecified atom stereocenters. The Labute approximate surface area is 56.0 Å². The Morgan fingerprint density at radius 3 is 3.22 bits per heavy atom. The lowest BCUT2D eigenvalue weighted by molar-refractivity contribution is 0.476. The maximum absolute atomic E-state index is 8.93. The van der Waals surface area contributed by atoms with Crippen molar-refractivity contribution >= 4 is 16.2 Å². The van der Waals surface area contributed by atoms with Crippen LogP contribution in [-0.4, -0.2) is 9.51 Å². The minimum absolute atomic E-state index is 0.335. The first-order valence-electron chi connectivity index (χ1n) is 2.60. The van der Waals surface area contributed by atoms with Gasteiger partial charge in [0.2, 0.25) is 0 Å². The first-order chi connectivity index (χ1) is 4.36. The Kier molecular flexibility index (Phi) is 0.818. The number of hydrogen-bond acceptors (Lipinski definition) is 2. The highest BCUT2D eigenvalue weighted by Crippen LogP contribution is 2.19. The standard InChI is InChI=1S/C6H5NOS/c8-5-3-6-7(4-5)1-2-9-6/h1-4,8H. The first kappa shape index (κ1) is 4.88. The third-order valence-corrected chi connectivity index (χ3v) is 2.04. The first-order valence-corrected chi connectivity index (χ1v) is 3.48. The smallest absolute Gasteiger partial charge is 0.135 e. The number of fused-ring (bicyclic) bond motifs is 1. The lowest BCUT2D eigenvalue weighted by Gasteiger charge is -1.74. The van der Waals surface area contributed by atoms with Crippen molar-refractivity contribution in [3.05, 3.63) is 23.8 Å². The van der Waals surface area contributed by atoms with Crippen LogP contribution >= 0.6 is 11.3 Å². The molecule has 2 rings (SSSR count). The van der Waals surface area contributed by atoms with Crippen LogP contribution in [0.1, 0.15) is 0 Å². The molecule has 2 aromatic heterocycles. The van der Waals surface area contributed by atoms with Gasteiger partial charge in [0.1, 0.15) is 10.6 Å². The third kappa shape index (κ3) is 0.616. The molecule has 1 N–H and O–H groups in total. The average molecular weight is 139 g/mol. The number of hydrogen-bond donors (Lipinski definition) is 1. The van der Waals surface area contributed by atoms with E-state index in [0.29, 0.717) is 5.75 Å². The molecule has 0 spiro atoms. The molecule has 0 bridgehead atoms. The predicted molar refractivity (Wildman–Crippen MR) is 36.9 cm³/mol. The molecule has 0 aliphatic heterocycles. The maximum atomic E-state index is 8.93. The molecule has 2 heterocycles. The Hall–Kier alpha value is -0.960. The van der Waals surface area contributed by atoms with E-state index in [0.717, 1.165) is 4.83 Å². The van der Waals surface area contributed by atoms with Gasteiger partial charge in [-0.05, 0) is 0 Å². The Morgan fingerprint density at radius 1 is 1.56 bits per heavy atom. The number of rotatable bonds is 0. The molecule has 0 amide bonds. The quantitative estimate of drug-likeness (QED) is 0.590. The maximum Gasteiger partial charge on any atom is 0.135 e. The molecular weight excluding hydrogens is 134 g/mol. The highest BCUT2D eigenvalue weighted by molar-refractivity contribution is 7.15. The van der Waals surface area contributed by atoms with Crippen molar-refractivity contribution in [2.75, 3.05) is 0 Å². The van der Waals surface area contributed by atoms with Crippen LogP contribution in [0.5, 0.6) is 5.75 Å². The number of aromatic hydroxyl groups is 1. The Balaban J connectivity index is 2.92. The molecule has 0 aliphatic carbocycles. The summed E-state index contributed by atoms with van der Waals surface area (Å²) < 4.78 is 1.89. The van der Waals surface area contributed by atoms with Gasteiger partial charge in [0.05, 0.1) is 6.20 Å². The summed E-state index contributed by atoms with van der Waals surface area (Å²) in [4.78, 5) is 1.08. The topological polar surface area (TPSA) is 24.6 Å². The van der Waals surface area contributed by atoms with Crippen LogP contribution in [0, 0.1) is 0 Å². The van der Waals surface area contributed by atoms with Crippen LogP contribution in [0.25, 0.3) is 4.83 Å². The number of aromatic nitrogens is 1. The molecule has 0 fully saturated rings. The molecule has 0 saturated carbocycles. The fourth-order valence-corrected chi connectivity index (χ4v) is 1.58. The van der Waals surface area contributed by atoms with Crippen molar-refractivity contribution in [2.45, 2.75) is 0 Å². The van der Waals surface area contributed by atoms with E-state index in [1.54, 1.807) is 23.6 Å². The zero-order valence-electron chi connectivity index (χ0n) is 4.61. The average Bonchev–Trinajstić information content (AvgIpc) is 2.22. The van der Waals surface area contributed by atoms with Gasteiger partial charge in [-0.3, -0.25) is 0 Å². The molecule has 0 radical (unpaired) electrons. The second kappa shape index (κ2) is 1.51. The van der Waals surface area contributed by atoms with E-state index in [1.807, 2.05) is 16.0 Å². The molecular formula is C6H5NOS. The van der Waals surface area contributed by atoms with E-state index in [4.69, 9.17) is 5.11 Å². The monoisotopic (exact) mass is 139 g/mol. The minimum Gasteiger partial charge on any atom is -0.506 e. The summed E-state index contributed by atoms with van der Waals surface area (Å²) in [6.07, 6.45) is 3.60. The molecule has 2 nitrogen and oxygen atoms in total. The van der Waals surface area contributed by atoms with Gasteiger partial charge in [0, 0.05) is 17.6 Å². The SMILES string of the molecule is Oc1cc2sccn2c1. The second-order valence-electron chi connectivity index (χ2n) is 1.85. The van der Waals surface area contributed by atoms with Crippen LogP contribution in [0.2, 0.25) is 0 Å². The largest absolute Gasteiger partial charge is 0.506 e. The fraction of sp³-hybridized carbons (Fsp3) is 0. The van der Waals surface area contributed by atoms with Crippen LogP contribution in [-0.2, 0) is 0 Å². The molecule has 2 aromatic rings. The second-order valence-corrected chi connectivity index (χ2v) is 2.77. The van der Waals surface area contributed by atoms with Crippen LogP contribution in [0.3, 0.4) is 0 Å². The molecule has 0 aromatic carbocycles. The van der Waals surface area contributed by atoms with Gasteiger partial charge in [-0.1, -0.05) is 0 Å². The summed E-state index contributed by atoms with van der Waals surface area (Å²) >= 11 is 1.61. The molecule has 0 saturated heterocycles. The van der Waals surface area contributed by atoms with Gasteiger partial charge in [-0.25, -0.2) is 0 Å². The van der Waals surface area contributed by atoms with E-state index in [9.17, 15) is 0 Å². The van der Waals surface area contributed by atoms with E-state index >= 15 is 0 Å². The molecule has 3 heteroatoms. The Bertz CT molecular complexity index is 294. The summed E-state index contributed by atoms with van der Waals surface area (Å²) in [5.74, 6) is 0.335. The van der Waals surface area contributed by atoms with Gasteiger partial charge in [-0.2, -0.15) is 0 Å². The lowest BCUT2D eigenvalue weighted by atomic mass is 10.6. The van der Waals surface area contributed by atoms with Crippen LogP contribution in [0.15, 0.2) is 23.8 Å². The summed E-state index contributed by atoms with van der Waals surface area (Å²) in [5.41, 5.74) is 0. The van der Waals surface area contributed by atoms with Crippen molar-refractivity contribution in [3.63, 3.8) is 0 Å². The van der Waals surface area contributed by atoms with Gasteiger partial charge >= 0.3 is 0 Å². The van der Waals surface area contributed by atoms with Crippen molar-refractivity contribution in [2.24, 2.45) is 0 Å². The van der Waals surface area contributed by atoms with Gasteiger partial charge in [-0.15, -0.1) is 11.3 Å². The predicted octanol–water partition coefficient (Wildman–Crippen LogP) is 1.71. The number of thiazole rings is 1. The zero-order chi connectivity index (χ0) is 6.27. The van der Waals surface area contributed by atoms with Gasteiger partial charge in [0.25, 0.3) is 0 Å². The van der Waals surface area contributed by atoms with E-state index in [1.165, 1.54) is 0 Å². The molecule has 9 heavy (non-hydrogen) atoms. The van der Waals surface area contributed by atoms with Crippen molar-refractivity contribution < 1.29 is 5.11 Å². The van der Waals surface area contributed by atoms with Crippen LogP contribution in [0.4, 0.5) is 0 Å². The van der Waals surface area contributed by atoms with E-state index in [-0.39, 0.29) is 0 Å². The fourth-order valence-electron chi connectivity index (χ4n) is 0.822. The van der Waals surface area contributed by atoms with Crippen molar-refractivity contribution in [3.8, 4) is 5.75 Å². The normalized spacial score (nSPS) is 10.7. The highest BCUT2D eigenvalue weighted by Gasteiger charge is 1.95. The van der Waals surface area contributed by atoms with Gasteiger partial charge in [0.15, 0.2) is 0 Å². The lowest BCUT2D eigenvalue weighted by Crippen LogP contribution is -1.65.